The number of nitrogens with one attached hydrogen (secondary N) is 1. The highest BCUT2D eigenvalue weighted by atomic mass is 127. The standard InChI is InChI=1S/C19H32N6.HI/c1-15-22-23-17(24(15)2)13-20-18(21-16-7-3-4-8-16)25-12-11-19(14-25)9-5-6-10-19;/h16H,3-14H2,1-2H3,(H,20,21);1H. The van der Waals surface area contributed by atoms with Crippen molar-refractivity contribution < 1.29 is 0 Å². The van der Waals surface area contributed by atoms with Crippen LogP contribution in [0.3, 0.4) is 0 Å². The van der Waals surface area contributed by atoms with Gasteiger partial charge in [-0.25, -0.2) is 4.99 Å². The summed E-state index contributed by atoms with van der Waals surface area (Å²) in [5, 5.41) is 12.2. The van der Waals surface area contributed by atoms with E-state index in [4.69, 9.17) is 4.99 Å². The van der Waals surface area contributed by atoms with Gasteiger partial charge >= 0.3 is 0 Å². The molecule has 1 aliphatic heterocycles. The lowest BCUT2D eigenvalue weighted by molar-refractivity contribution is 0.308. The summed E-state index contributed by atoms with van der Waals surface area (Å²) in [6.45, 7) is 4.93. The lowest BCUT2D eigenvalue weighted by atomic mass is 9.86. The van der Waals surface area contributed by atoms with Gasteiger partial charge in [0.05, 0.1) is 0 Å². The Morgan fingerprint density at radius 2 is 1.88 bits per heavy atom. The Hall–Kier alpha value is -0.860. The fraction of sp³-hybridized carbons (Fsp3) is 0.842. The van der Waals surface area contributed by atoms with E-state index in [9.17, 15) is 0 Å². The number of halogens is 1. The fourth-order valence-corrected chi connectivity index (χ4v) is 4.87. The quantitative estimate of drug-likeness (QED) is 0.416. The van der Waals surface area contributed by atoms with Crippen molar-refractivity contribution >= 4 is 29.9 Å². The van der Waals surface area contributed by atoms with Gasteiger partial charge in [-0.05, 0) is 44.4 Å². The van der Waals surface area contributed by atoms with Crippen LogP contribution in [-0.2, 0) is 13.6 Å². The van der Waals surface area contributed by atoms with Crippen molar-refractivity contribution in [1.29, 1.82) is 0 Å². The van der Waals surface area contributed by atoms with Crippen molar-refractivity contribution in [3.8, 4) is 0 Å². The van der Waals surface area contributed by atoms with Crippen molar-refractivity contribution in [3.63, 3.8) is 0 Å². The van der Waals surface area contributed by atoms with Gasteiger partial charge in [-0.15, -0.1) is 34.2 Å². The molecule has 2 saturated carbocycles. The molecule has 0 unspecified atom stereocenters. The lowest BCUT2D eigenvalue weighted by Crippen LogP contribution is -2.45. The van der Waals surface area contributed by atoms with E-state index in [1.807, 2.05) is 18.5 Å². The molecule has 1 aromatic heterocycles. The number of aromatic nitrogens is 3. The summed E-state index contributed by atoms with van der Waals surface area (Å²) in [6, 6.07) is 0.597. The molecule has 0 amide bonds. The van der Waals surface area contributed by atoms with E-state index in [1.54, 1.807) is 0 Å². The normalized spacial score (nSPS) is 23.0. The van der Waals surface area contributed by atoms with Crippen LogP contribution >= 0.6 is 24.0 Å². The Balaban J connectivity index is 0.00000196. The summed E-state index contributed by atoms with van der Waals surface area (Å²) in [5.74, 6) is 3.00. The number of aliphatic imine (C=N–C) groups is 1. The average molecular weight is 472 g/mol. The maximum atomic E-state index is 4.98. The molecule has 2 aliphatic carbocycles. The van der Waals surface area contributed by atoms with Crippen LogP contribution in [0, 0.1) is 12.3 Å². The van der Waals surface area contributed by atoms with Gasteiger partial charge < -0.3 is 14.8 Å². The molecule has 4 rings (SSSR count). The Morgan fingerprint density at radius 1 is 1.15 bits per heavy atom. The number of guanidine groups is 1. The van der Waals surface area contributed by atoms with Crippen LogP contribution in [0.5, 0.6) is 0 Å². The molecule has 7 heteroatoms. The van der Waals surface area contributed by atoms with Crippen molar-refractivity contribution in [2.75, 3.05) is 13.1 Å². The summed E-state index contributed by atoms with van der Waals surface area (Å²) in [5.41, 5.74) is 0.569. The number of hydrogen-bond donors (Lipinski definition) is 1. The molecular formula is C19H33IN6. The molecule has 6 nitrogen and oxygen atoms in total. The maximum absolute atomic E-state index is 4.98. The summed E-state index contributed by atoms with van der Waals surface area (Å²) >= 11 is 0. The van der Waals surface area contributed by atoms with E-state index in [1.165, 1.54) is 64.3 Å². The molecular weight excluding hydrogens is 439 g/mol. The second-order valence-corrected chi connectivity index (χ2v) is 8.37. The van der Waals surface area contributed by atoms with Gasteiger partial charge in [0.15, 0.2) is 11.8 Å². The van der Waals surface area contributed by atoms with E-state index in [2.05, 4.69) is 20.4 Å². The zero-order valence-electron chi connectivity index (χ0n) is 16.2. The van der Waals surface area contributed by atoms with E-state index in [-0.39, 0.29) is 24.0 Å². The zero-order valence-corrected chi connectivity index (χ0v) is 18.5. The Kier molecular flexibility index (Phi) is 6.45. The van der Waals surface area contributed by atoms with Gasteiger partial charge in [-0.3, -0.25) is 0 Å². The highest BCUT2D eigenvalue weighted by molar-refractivity contribution is 14.0. The first-order valence-corrected chi connectivity index (χ1v) is 10.1. The molecule has 3 fully saturated rings. The van der Waals surface area contributed by atoms with Gasteiger partial charge in [0, 0.05) is 26.2 Å². The summed E-state index contributed by atoms with van der Waals surface area (Å²) in [4.78, 5) is 7.50. The van der Waals surface area contributed by atoms with Crippen LogP contribution < -0.4 is 5.32 Å². The van der Waals surface area contributed by atoms with E-state index in [0.717, 1.165) is 24.2 Å². The SMILES string of the molecule is Cc1nnc(CN=C(NC2CCCC2)N2CCC3(CCCC3)C2)n1C.I. The molecule has 0 atom stereocenters. The molecule has 0 radical (unpaired) electrons. The largest absolute Gasteiger partial charge is 0.353 e. The van der Waals surface area contributed by atoms with Crippen LogP contribution in [0.2, 0.25) is 0 Å². The number of likely N-dealkylation sites (tertiary alicyclic amines) is 1. The molecule has 146 valence electrons. The second-order valence-electron chi connectivity index (χ2n) is 8.37. The second kappa shape index (κ2) is 8.44. The van der Waals surface area contributed by atoms with Crippen molar-refractivity contribution in [1.82, 2.24) is 25.0 Å². The number of aryl methyl sites for hydroxylation is 1. The first-order valence-electron chi connectivity index (χ1n) is 10.1. The number of nitrogens with zero attached hydrogens (tertiary/aromatic N) is 5. The summed E-state index contributed by atoms with van der Waals surface area (Å²) in [6.07, 6.45) is 12.2. The summed E-state index contributed by atoms with van der Waals surface area (Å²) < 4.78 is 2.04. The molecule has 26 heavy (non-hydrogen) atoms. The predicted octanol–water partition coefficient (Wildman–Crippen LogP) is 3.40. The van der Waals surface area contributed by atoms with Gasteiger partial charge in [0.2, 0.25) is 0 Å². The molecule has 1 saturated heterocycles. The third-order valence-corrected chi connectivity index (χ3v) is 6.64. The Labute approximate surface area is 174 Å². The Bertz CT molecular complexity index is 628. The minimum Gasteiger partial charge on any atom is -0.353 e. The van der Waals surface area contributed by atoms with Crippen LogP contribution in [0.1, 0.15) is 69.4 Å². The Morgan fingerprint density at radius 3 is 2.54 bits per heavy atom. The van der Waals surface area contributed by atoms with Crippen molar-refractivity contribution in [2.24, 2.45) is 17.5 Å². The van der Waals surface area contributed by atoms with Gasteiger partial charge in [-0.2, -0.15) is 0 Å². The van der Waals surface area contributed by atoms with Gasteiger partial charge in [0.1, 0.15) is 12.4 Å². The molecule has 1 aromatic rings. The first kappa shape index (κ1) is 19.9. The highest BCUT2D eigenvalue weighted by Crippen LogP contribution is 2.45. The van der Waals surface area contributed by atoms with E-state index < -0.39 is 0 Å². The highest BCUT2D eigenvalue weighted by Gasteiger charge is 2.41. The summed E-state index contributed by atoms with van der Waals surface area (Å²) in [7, 11) is 2.02. The average Bonchev–Trinajstić information content (AvgIpc) is 3.39. The van der Waals surface area contributed by atoms with Crippen molar-refractivity contribution in [2.45, 2.75) is 77.3 Å². The van der Waals surface area contributed by atoms with Crippen molar-refractivity contribution in [3.05, 3.63) is 11.6 Å². The zero-order chi connectivity index (χ0) is 17.3. The van der Waals surface area contributed by atoms with Crippen LogP contribution in [-0.4, -0.2) is 44.8 Å². The van der Waals surface area contributed by atoms with Crippen LogP contribution in [0.25, 0.3) is 0 Å². The van der Waals surface area contributed by atoms with Gasteiger partial charge in [0.25, 0.3) is 0 Å². The lowest BCUT2D eigenvalue weighted by Gasteiger charge is -2.28. The molecule has 0 aromatic carbocycles. The van der Waals surface area contributed by atoms with E-state index in [0.29, 0.717) is 18.0 Å². The smallest absolute Gasteiger partial charge is 0.194 e. The first-order chi connectivity index (χ1) is 12.2. The topological polar surface area (TPSA) is 58.3 Å². The van der Waals surface area contributed by atoms with Crippen LogP contribution in [0.15, 0.2) is 4.99 Å². The molecule has 3 aliphatic rings. The van der Waals surface area contributed by atoms with Gasteiger partial charge in [-0.1, -0.05) is 25.7 Å². The number of rotatable bonds is 3. The molecule has 0 bridgehead atoms. The number of hydrogen-bond acceptors (Lipinski definition) is 3. The minimum atomic E-state index is 0. The molecule has 1 spiro atoms. The third-order valence-electron chi connectivity index (χ3n) is 6.64. The minimum absolute atomic E-state index is 0. The predicted molar refractivity (Wildman–Crippen MR) is 115 cm³/mol. The van der Waals surface area contributed by atoms with E-state index >= 15 is 0 Å². The fourth-order valence-electron chi connectivity index (χ4n) is 4.87. The molecule has 1 N–H and O–H groups in total. The van der Waals surface area contributed by atoms with Crippen LogP contribution in [0.4, 0.5) is 0 Å². The molecule has 2 heterocycles. The maximum Gasteiger partial charge on any atom is 0.194 e. The third kappa shape index (κ3) is 4.17. The monoisotopic (exact) mass is 472 g/mol.